The standard InChI is InChI=1S/C10H19N3O3S2/c1-4-9-11-7-10(12-9)18(15,16)13-8(2)5-6-17(3)14/h7-8,13H,4-6H2,1-3H3,(H,11,12). The molecule has 0 fully saturated rings. The van der Waals surface area contributed by atoms with Gasteiger partial charge in [0.2, 0.25) is 0 Å². The van der Waals surface area contributed by atoms with E-state index in [2.05, 4.69) is 14.7 Å². The molecule has 0 aliphatic carbocycles. The van der Waals surface area contributed by atoms with Gasteiger partial charge in [0, 0.05) is 35.3 Å². The van der Waals surface area contributed by atoms with Crippen molar-refractivity contribution in [3.05, 3.63) is 12.0 Å². The summed E-state index contributed by atoms with van der Waals surface area (Å²) in [4.78, 5) is 6.71. The van der Waals surface area contributed by atoms with Crippen molar-refractivity contribution in [1.29, 1.82) is 0 Å². The minimum absolute atomic E-state index is 0.0730. The Balaban J connectivity index is 2.66. The van der Waals surface area contributed by atoms with Gasteiger partial charge in [-0.25, -0.2) is 18.1 Å². The molecule has 0 aromatic carbocycles. The Morgan fingerprint density at radius 3 is 2.72 bits per heavy atom. The van der Waals surface area contributed by atoms with E-state index >= 15 is 0 Å². The molecule has 1 aromatic heterocycles. The van der Waals surface area contributed by atoms with Crippen LogP contribution in [0.5, 0.6) is 0 Å². The summed E-state index contributed by atoms with van der Waals surface area (Å²) in [6.45, 7) is 3.64. The number of hydrogen-bond acceptors (Lipinski definition) is 4. The second-order valence-corrected chi connectivity index (χ2v) is 7.37. The lowest BCUT2D eigenvalue weighted by Crippen LogP contribution is -2.33. The van der Waals surface area contributed by atoms with Crippen LogP contribution in [0.4, 0.5) is 0 Å². The minimum Gasteiger partial charge on any atom is -0.332 e. The van der Waals surface area contributed by atoms with Crippen molar-refractivity contribution in [2.24, 2.45) is 0 Å². The zero-order valence-corrected chi connectivity index (χ0v) is 12.4. The van der Waals surface area contributed by atoms with Crippen molar-refractivity contribution in [1.82, 2.24) is 14.7 Å². The van der Waals surface area contributed by atoms with Crippen LogP contribution in [0.2, 0.25) is 0 Å². The highest BCUT2D eigenvalue weighted by molar-refractivity contribution is 7.89. The summed E-state index contributed by atoms with van der Waals surface area (Å²) >= 11 is 0. The molecular formula is C10H19N3O3S2. The molecule has 2 unspecified atom stereocenters. The molecule has 0 amide bonds. The summed E-state index contributed by atoms with van der Waals surface area (Å²) in [5.74, 6) is 1.12. The number of aromatic amines is 1. The molecule has 1 heterocycles. The molecule has 0 saturated heterocycles. The van der Waals surface area contributed by atoms with Crippen molar-refractivity contribution in [3.8, 4) is 0 Å². The van der Waals surface area contributed by atoms with Gasteiger partial charge >= 0.3 is 0 Å². The largest absolute Gasteiger partial charge is 0.332 e. The van der Waals surface area contributed by atoms with Crippen molar-refractivity contribution in [2.75, 3.05) is 12.0 Å². The lowest BCUT2D eigenvalue weighted by molar-refractivity contribution is 0.552. The summed E-state index contributed by atoms with van der Waals surface area (Å²) < 4.78 is 37.4. The Morgan fingerprint density at radius 2 is 2.22 bits per heavy atom. The summed E-state index contributed by atoms with van der Waals surface area (Å²) in [6, 6.07) is -0.257. The molecule has 0 aliphatic heterocycles. The predicted octanol–water partition coefficient (Wildman–Crippen LogP) is 0.407. The second kappa shape index (κ2) is 6.44. The van der Waals surface area contributed by atoms with E-state index < -0.39 is 20.8 Å². The van der Waals surface area contributed by atoms with Gasteiger partial charge in [-0.1, -0.05) is 6.92 Å². The topological polar surface area (TPSA) is 91.9 Å². The summed E-state index contributed by atoms with van der Waals surface area (Å²) in [5.41, 5.74) is 0. The van der Waals surface area contributed by atoms with Crippen LogP contribution in [0, 0.1) is 0 Å². The number of nitrogens with zero attached hydrogens (tertiary/aromatic N) is 1. The molecule has 6 nitrogen and oxygen atoms in total. The predicted molar refractivity (Wildman–Crippen MR) is 71.3 cm³/mol. The maximum Gasteiger partial charge on any atom is 0.257 e. The normalized spacial score (nSPS) is 15.5. The van der Waals surface area contributed by atoms with Crippen LogP contribution in [-0.4, -0.2) is 40.6 Å². The molecule has 0 bridgehead atoms. The third-order valence-electron chi connectivity index (χ3n) is 2.42. The number of H-pyrrole nitrogens is 1. The van der Waals surface area contributed by atoms with Crippen LogP contribution in [0.15, 0.2) is 11.2 Å². The Bertz CT molecular complexity index is 510. The van der Waals surface area contributed by atoms with E-state index in [0.717, 1.165) is 0 Å². The smallest absolute Gasteiger partial charge is 0.257 e. The van der Waals surface area contributed by atoms with E-state index in [1.165, 1.54) is 6.20 Å². The lowest BCUT2D eigenvalue weighted by atomic mass is 10.3. The molecule has 0 spiro atoms. The Kier molecular flexibility index (Phi) is 5.48. The molecule has 104 valence electrons. The Labute approximate surface area is 110 Å². The molecule has 0 radical (unpaired) electrons. The first-order chi connectivity index (χ1) is 8.35. The zero-order chi connectivity index (χ0) is 13.8. The molecule has 0 saturated carbocycles. The van der Waals surface area contributed by atoms with Gasteiger partial charge in [-0.3, -0.25) is 4.21 Å². The Morgan fingerprint density at radius 1 is 1.56 bits per heavy atom. The molecule has 2 atom stereocenters. The molecule has 2 N–H and O–H groups in total. The number of aryl methyl sites for hydroxylation is 1. The zero-order valence-electron chi connectivity index (χ0n) is 10.8. The SMILES string of the molecule is CCc1ncc(S(=O)(=O)NC(C)CCS(C)=O)[nH]1. The number of nitrogens with one attached hydrogen (secondary N) is 2. The first-order valence-corrected chi connectivity index (χ1v) is 8.92. The number of rotatable bonds is 7. The molecular weight excluding hydrogens is 274 g/mol. The average molecular weight is 293 g/mol. The van der Waals surface area contributed by atoms with Crippen LogP contribution >= 0.6 is 0 Å². The van der Waals surface area contributed by atoms with Crippen LogP contribution in [0.25, 0.3) is 0 Å². The fourth-order valence-corrected chi connectivity index (χ4v) is 3.29. The van der Waals surface area contributed by atoms with Gasteiger partial charge in [-0.05, 0) is 13.3 Å². The van der Waals surface area contributed by atoms with Gasteiger partial charge in [0.25, 0.3) is 10.0 Å². The van der Waals surface area contributed by atoms with Crippen LogP contribution in [0.3, 0.4) is 0 Å². The van der Waals surface area contributed by atoms with Gasteiger partial charge in [-0.2, -0.15) is 0 Å². The third kappa shape index (κ3) is 4.51. The second-order valence-electron chi connectivity index (χ2n) is 4.14. The quantitative estimate of drug-likeness (QED) is 0.761. The maximum absolute atomic E-state index is 12.0. The van der Waals surface area contributed by atoms with E-state index in [-0.39, 0.29) is 11.1 Å². The number of imidazole rings is 1. The lowest BCUT2D eigenvalue weighted by Gasteiger charge is -2.12. The van der Waals surface area contributed by atoms with Crippen LogP contribution < -0.4 is 4.72 Å². The highest BCUT2D eigenvalue weighted by atomic mass is 32.2. The molecule has 1 aromatic rings. The number of sulfonamides is 1. The monoisotopic (exact) mass is 293 g/mol. The van der Waals surface area contributed by atoms with E-state index in [1.54, 1.807) is 13.2 Å². The fraction of sp³-hybridized carbons (Fsp3) is 0.700. The summed E-state index contributed by atoms with van der Waals surface area (Å²) in [7, 11) is -4.47. The van der Waals surface area contributed by atoms with Gasteiger partial charge in [0.1, 0.15) is 5.82 Å². The average Bonchev–Trinajstić information content (AvgIpc) is 2.75. The number of aromatic nitrogens is 2. The Hall–Kier alpha value is -0.730. The van der Waals surface area contributed by atoms with Gasteiger partial charge in [-0.15, -0.1) is 0 Å². The first-order valence-electron chi connectivity index (χ1n) is 5.71. The van der Waals surface area contributed by atoms with E-state index in [9.17, 15) is 12.6 Å². The minimum atomic E-state index is -3.56. The third-order valence-corrected chi connectivity index (χ3v) is 4.73. The maximum atomic E-state index is 12.0. The van der Waals surface area contributed by atoms with Crippen molar-refractivity contribution in [2.45, 2.75) is 37.8 Å². The van der Waals surface area contributed by atoms with Crippen LogP contribution in [0.1, 0.15) is 26.1 Å². The van der Waals surface area contributed by atoms with E-state index in [4.69, 9.17) is 0 Å². The van der Waals surface area contributed by atoms with Gasteiger partial charge < -0.3 is 4.98 Å². The number of hydrogen-bond donors (Lipinski definition) is 2. The van der Waals surface area contributed by atoms with Gasteiger partial charge in [0.05, 0.1) is 6.20 Å². The van der Waals surface area contributed by atoms with E-state index in [0.29, 0.717) is 24.4 Å². The fourth-order valence-electron chi connectivity index (χ4n) is 1.39. The molecule has 1 rings (SSSR count). The molecule has 0 aliphatic rings. The highest BCUT2D eigenvalue weighted by Crippen LogP contribution is 2.07. The van der Waals surface area contributed by atoms with Crippen molar-refractivity contribution >= 4 is 20.8 Å². The summed E-state index contributed by atoms with van der Waals surface area (Å²) in [6.07, 6.45) is 4.10. The van der Waals surface area contributed by atoms with Crippen molar-refractivity contribution < 1.29 is 12.6 Å². The van der Waals surface area contributed by atoms with Crippen molar-refractivity contribution in [3.63, 3.8) is 0 Å². The first kappa shape index (κ1) is 15.3. The van der Waals surface area contributed by atoms with Gasteiger partial charge in [0.15, 0.2) is 5.03 Å². The van der Waals surface area contributed by atoms with E-state index in [1.807, 2.05) is 6.92 Å². The molecule has 8 heteroatoms. The van der Waals surface area contributed by atoms with Crippen LogP contribution in [-0.2, 0) is 27.2 Å². The summed E-state index contributed by atoms with van der Waals surface area (Å²) in [5, 5.41) is 0.0730. The molecule has 18 heavy (non-hydrogen) atoms. The highest BCUT2D eigenvalue weighted by Gasteiger charge is 2.19.